The van der Waals surface area contributed by atoms with E-state index >= 15 is 0 Å². The second-order valence-electron chi connectivity index (χ2n) is 7.04. The van der Waals surface area contributed by atoms with Crippen molar-refractivity contribution in [3.05, 3.63) is 47.1 Å². The molecule has 4 aromatic rings. The third kappa shape index (κ3) is 2.48. The molecule has 0 N–H and O–H groups in total. The Kier molecular flexibility index (Phi) is 3.67. The number of fused-ring (bicyclic) bond motifs is 3. The highest BCUT2D eigenvalue weighted by molar-refractivity contribution is 6.31. The van der Waals surface area contributed by atoms with Crippen molar-refractivity contribution in [2.24, 2.45) is 0 Å². The minimum Gasteiger partial charge on any atom is -0.216 e. The van der Waals surface area contributed by atoms with Crippen molar-refractivity contribution in [1.82, 2.24) is 29.4 Å². The molecule has 5 rings (SSSR count). The second-order valence-corrected chi connectivity index (χ2v) is 7.45. The van der Waals surface area contributed by atoms with Crippen molar-refractivity contribution in [2.75, 3.05) is 0 Å². The Hall–Kier alpha value is -2.47. The largest absolute Gasteiger partial charge is 0.216 e. The zero-order valence-corrected chi connectivity index (χ0v) is 15.3. The smallest absolute Gasteiger partial charge is 0.170 e. The minimum absolute atomic E-state index is 0.463. The fourth-order valence-electron chi connectivity index (χ4n) is 3.77. The number of nitrogens with zero attached hydrogens (tertiary/aromatic N) is 6. The maximum atomic E-state index is 6.28. The van der Waals surface area contributed by atoms with E-state index in [1.807, 2.05) is 31.3 Å². The molecule has 0 atom stereocenters. The number of aromatic nitrogens is 6. The lowest BCUT2D eigenvalue weighted by Crippen LogP contribution is -2.06. The SMILES string of the molecule is Cc1ccc(-n2ncc3c2ncn2nc(C4CCCCC4)nc32)cc1Cl. The first kappa shape index (κ1) is 15.8. The molecule has 6 nitrogen and oxygen atoms in total. The standard InChI is InChI=1S/C19H19ClN6/c1-12-7-8-14(9-16(12)20)26-18-15(10-22-26)19-23-17(24-25(19)11-21-18)13-5-3-2-4-6-13/h7-11,13H,2-6H2,1H3. The van der Waals surface area contributed by atoms with Gasteiger partial charge in [-0.3, -0.25) is 0 Å². The van der Waals surface area contributed by atoms with E-state index in [0.29, 0.717) is 10.9 Å². The van der Waals surface area contributed by atoms with Gasteiger partial charge in [0.25, 0.3) is 0 Å². The average molecular weight is 367 g/mol. The lowest BCUT2D eigenvalue weighted by Gasteiger charge is -2.17. The Balaban J connectivity index is 1.63. The summed E-state index contributed by atoms with van der Waals surface area (Å²) in [6.07, 6.45) is 9.74. The average Bonchev–Trinajstić information content (AvgIpc) is 3.28. The van der Waals surface area contributed by atoms with Crippen molar-refractivity contribution in [1.29, 1.82) is 0 Å². The van der Waals surface area contributed by atoms with Crippen LogP contribution < -0.4 is 0 Å². The van der Waals surface area contributed by atoms with Crippen molar-refractivity contribution < 1.29 is 0 Å². The van der Waals surface area contributed by atoms with Gasteiger partial charge in [0.15, 0.2) is 17.1 Å². The number of hydrogen-bond donors (Lipinski definition) is 0. The van der Waals surface area contributed by atoms with Gasteiger partial charge in [0.2, 0.25) is 0 Å². The molecule has 1 aliphatic carbocycles. The Bertz CT molecular complexity index is 1110. The topological polar surface area (TPSA) is 60.9 Å². The molecule has 0 saturated heterocycles. The first-order valence-corrected chi connectivity index (χ1v) is 9.44. The summed E-state index contributed by atoms with van der Waals surface area (Å²) in [6, 6.07) is 5.89. The van der Waals surface area contributed by atoms with Crippen molar-refractivity contribution in [2.45, 2.75) is 44.9 Å². The van der Waals surface area contributed by atoms with Crippen LogP contribution in [0.3, 0.4) is 0 Å². The Morgan fingerprint density at radius 2 is 1.96 bits per heavy atom. The molecule has 1 saturated carbocycles. The van der Waals surface area contributed by atoms with E-state index in [1.165, 1.54) is 32.1 Å². The summed E-state index contributed by atoms with van der Waals surface area (Å²) in [7, 11) is 0. The molecular formula is C19H19ClN6. The molecule has 7 heteroatoms. The van der Waals surface area contributed by atoms with E-state index in [-0.39, 0.29) is 0 Å². The first-order valence-electron chi connectivity index (χ1n) is 9.06. The molecule has 1 aromatic carbocycles. The zero-order chi connectivity index (χ0) is 17.7. The highest BCUT2D eigenvalue weighted by Gasteiger charge is 2.21. The summed E-state index contributed by atoms with van der Waals surface area (Å²) in [4.78, 5) is 9.41. The van der Waals surface area contributed by atoms with Crippen LogP contribution in [0, 0.1) is 6.92 Å². The molecule has 3 heterocycles. The summed E-state index contributed by atoms with van der Waals surface area (Å²) >= 11 is 6.28. The van der Waals surface area contributed by atoms with Crippen LogP contribution in [0.5, 0.6) is 0 Å². The molecule has 1 fully saturated rings. The third-order valence-electron chi connectivity index (χ3n) is 5.29. The van der Waals surface area contributed by atoms with Gasteiger partial charge in [0.1, 0.15) is 6.33 Å². The van der Waals surface area contributed by atoms with Gasteiger partial charge in [-0.05, 0) is 37.5 Å². The molecule has 0 spiro atoms. The van der Waals surface area contributed by atoms with Crippen LogP contribution in [-0.4, -0.2) is 29.4 Å². The summed E-state index contributed by atoms with van der Waals surface area (Å²) in [5.41, 5.74) is 3.51. The molecule has 3 aromatic heterocycles. The highest BCUT2D eigenvalue weighted by Crippen LogP contribution is 2.31. The number of rotatable bonds is 2. The van der Waals surface area contributed by atoms with E-state index in [2.05, 4.69) is 15.2 Å². The van der Waals surface area contributed by atoms with Crippen LogP contribution in [0.15, 0.2) is 30.7 Å². The molecule has 0 aliphatic heterocycles. The molecule has 1 aliphatic rings. The molecule has 0 radical (unpaired) electrons. The number of hydrogen-bond acceptors (Lipinski definition) is 4. The third-order valence-corrected chi connectivity index (χ3v) is 5.70. The molecule has 0 unspecified atom stereocenters. The fourth-order valence-corrected chi connectivity index (χ4v) is 3.95. The summed E-state index contributed by atoms with van der Waals surface area (Å²) in [5.74, 6) is 1.40. The van der Waals surface area contributed by atoms with Gasteiger partial charge in [-0.15, -0.1) is 5.10 Å². The van der Waals surface area contributed by atoms with Gasteiger partial charge in [0.05, 0.1) is 17.3 Å². The van der Waals surface area contributed by atoms with Gasteiger partial charge >= 0.3 is 0 Å². The molecular weight excluding hydrogens is 348 g/mol. The predicted octanol–water partition coefficient (Wildman–Crippen LogP) is 4.47. The zero-order valence-electron chi connectivity index (χ0n) is 14.6. The summed E-state index contributed by atoms with van der Waals surface area (Å²) in [6.45, 7) is 1.98. The van der Waals surface area contributed by atoms with Gasteiger partial charge in [0, 0.05) is 10.9 Å². The first-order chi connectivity index (χ1) is 12.7. The molecule has 0 bridgehead atoms. The van der Waals surface area contributed by atoms with Crippen LogP contribution in [0.1, 0.15) is 49.4 Å². The van der Waals surface area contributed by atoms with Crippen LogP contribution in [0.2, 0.25) is 5.02 Å². The van der Waals surface area contributed by atoms with Crippen molar-refractivity contribution in [3.8, 4) is 5.69 Å². The van der Waals surface area contributed by atoms with Gasteiger partial charge in [-0.25, -0.2) is 19.2 Å². The van der Waals surface area contributed by atoms with Gasteiger partial charge < -0.3 is 0 Å². The lowest BCUT2D eigenvalue weighted by atomic mass is 9.89. The number of aryl methyl sites for hydroxylation is 1. The van der Waals surface area contributed by atoms with Crippen molar-refractivity contribution in [3.63, 3.8) is 0 Å². The van der Waals surface area contributed by atoms with Crippen molar-refractivity contribution >= 4 is 28.3 Å². The summed E-state index contributed by atoms with van der Waals surface area (Å²) in [5, 5.41) is 10.8. The normalized spacial score (nSPS) is 15.9. The fraction of sp³-hybridized carbons (Fsp3) is 0.368. The Labute approximate surface area is 155 Å². The molecule has 26 heavy (non-hydrogen) atoms. The quantitative estimate of drug-likeness (QED) is 0.525. The number of halogens is 1. The molecule has 0 amide bonds. The van der Waals surface area contributed by atoms with E-state index in [9.17, 15) is 0 Å². The lowest BCUT2D eigenvalue weighted by molar-refractivity contribution is 0.429. The van der Waals surface area contributed by atoms with Gasteiger partial charge in [-0.2, -0.15) is 5.10 Å². The van der Waals surface area contributed by atoms with E-state index in [4.69, 9.17) is 16.6 Å². The monoisotopic (exact) mass is 366 g/mol. The van der Waals surface area contributed by atoms with Crippen LogP contribution >= 0.6 is 11.6 Å². The Morgan fingerprint density at radius 3 is 2.77 bits per heavy atom. The second kappa shape index (κ2) is 6.06. The highest BCUT2D eigenvalue weighted by atomic mass is 35.5. The van der Waals surface area contributed by atoms with Crippen LogP contribution in [0.25, 0.3) is 22.4 Å². The number of benzene rings is 1. The molecule has 132 valence electrons. The summed E-state index contributed by atoms with van der Waals surface area (Å²) < 4.78 is 3.58. The minimum atomic E-state index is 0.463. The van der Waals surface area contributed by atoms with E-state index in [0.717, 1.165) is 33.8 Å². The van der Waals surface area contributed by atoms with E-state index < -0.39 is 0 Å². The Morgan fingerprint density at radius 1 is 1.12 bits per heavy atom. The maximum Gasteiger partial charge on any atom is 0.170 e. The van der Waals surface area contributed by atoms with E-state index in [1.54, 1.807) is 15.5 Å². The van der Waals surface area contributed by atoms with Crippen LogP contribution in [-0.2, 0) is 0 Å². The van der Waals surface area contributed by atoms with Gasteiger partial charge in [-0.1, -0.05) is 36.9 Å². The van der Waals surface area contributed by atoms with Crippen LogP contribution in [0.4, 0.5) is 0 Å². The maximum absolute atomic E-state index is 6.28. The predicted molar refractivity (Wildman–Crippen MR) is 101 cm³/mol.